The van der Waals surface area contributed by atoms with Gasteiger partial charge in [-0.1, -0.05) is 42.5 Å². The highest BCUT2D eigenvalue weighted by molar-refractivity contribution is 5.89. The third-order valence-corrected chi connectivity index (χ3v) is 4.69. The van der Waals surface area contributed by atoms with E-state index >= 15 is 0 Å². The molecule has 0 unspecified atom stereocenters. The molecule has 0 radical (unpaired) electrons. The summed E-state index contributed by atoms with van der Waals surface area (Å²) in [5.74, 6) is 0.548. The van der Waals surface area contributed by atoms with E-state index in [0.29, 0.717) is 25.1 Å². The van der Waals surface area contributed by atoms with Crippen molar-refractivity contribution in [2.45, 2.75) is 19.6 Å². The lowest BCUT2D eigenvalue weighted by Gasteiger charge is -2.09. The third-order valence-electron chi connectivity index (χ3n) is 4.69. The van der Waals surface area contributed by atoms with E-state index in [4.69, 9.17) is 10.5 Å². The molecule has 0 spiro atoms. The van der Waals surface area contributed by atoms with Crippen LogP contribution in [-0.2, 0) is 24.3 Å². The van der Waals surface area contributed by atoms with E-state index in [1.165, 1.54) is 0 Å². The van der Waals surface area contributed by atoms with Gasteiger partial charge in [0.05, 0.1) is 28.8 Å². The quantitative estimate of drug-likeness (QED) is 0.493. The molecule has 0 saturated heterocycles. The Morgan fingerprint density at radius 3 is 2.55 bits per heavy atom. The van der Waals surface area contributed by atoms with E-state index in [-0.39, 0.29) is 12.6 Å². The van der Waals surface area contributed by atoms with Crippen molar-refractivity contribution in [1.29, 1.82) is 0 Å². The lowest BCUT2D eigenvalue weighted by Crippen LogP contribution is -2.12. The zero-order valence-electron chi connectivity index (χ0n) is 16.0. The number of ether oxygens (including phenoxy) is 1. The van der Waals surface area contributed by atoms with Crippen molar-refractivity contribution in [3.8, 4) is 0 Å². The SMILES string of the molecule is NCCc1nc2ccccc2n1Cc1ccc(C(=O)OCc2ccccc2)cn1. The van der Waals surface area contributed by atoms with E-state index in [1.54, 1.807) is 12.3 Å². The predicted molar refractivity (Wildman–Crippen MR) is 111 cm³/mol. The minimum Gasteiger partial charge on any atom is -0.457 e. The summed E-state index contributed by atoms with van der Waals surface area (Å²) in [5, 5.41) is 0. The summed E-state index contributed by atoms with van der Waals surface area (Å²) in [6.45, 7) is 1.34. The van der Waals surface area contributed by atoms with Crippen molar-refractivity contribution in [2.24, 2.45) is 5.73 Å². The number of nitrogens with two attached hydrogens (primary N) is 1. The first-order chi connectivity index (χ1) is 14.2. The van der Waals surface area contributed by atoms with E-state index in [0.717, 1.165) is 28.1 Å². The number of para-hydroxylation sites is 2. The molecule has 6 nitrogen and oxygen atoms in total. The molecule has 2 N–H and O–H groups in total. The zero-order valence-corrected chi connectivity index (χ0v) is 16.0. The molecule has 0 aliphatic heterocycles. The Labute approximate surface area is 169 Å². The Hall–Kier alpha value is -3.51. The van der Waals surface area contributed by atoms with Crippen molar-refractivity contribution in [1.82, 2.24) is 14.5 Å². The Kier molecular flexibility index (Phi) is 5.63. The monoisotopic (exact) mass is 386 g/mol. The topological polar surface area (TPSA) is 83.0 Å². The average Bonchev–Trinajstić information content (AvgIpc) is 3.11. The van der Waals surface area contributed by atoms with Crippen LogP contribution in [0.2, 0.25) is 0 Å². The number of carbonyl (C=O) groups is 1. The van der Waals surface area contributed by atoms with Gasteiger partial charge in [-0.15, -0.1) is 0 Å². The van der Waals surface area contributed by atoms with E-state index in [1.807, 2.05) is 60.7 Å². The van der Waals surface area contributed by atoms with Crippen molar-refractivity contribution < 1.29 is 9.53 Å². The maximum atomic E-state index is 12.3. The molecule has 29 heavy (non-hydrogen) atoms. The standard InChI is InChI=1S/C23H22N4O2/c24-13-12-22-26-20-8-4-5-9-21(20)27(22)15-19-11-10-18(14-25-19)23(28)29-16-17-6-2-1-3-7-17/h1-11,14H,12-13,15-16,24H2. The molecule has 2 aromatic heterocycles. The summed E-state index contributed by atoms with van der Waals surface area (Å²) in [6, 6.07) is 21.2. The second-order valence-corrected chi connectivity index (χ2v) is 6.74. The van der Waals surface area contributed by atoms with Crippen LogP contribution in [0.1, 0.15) is 27.4 Å². The van der Waals surface area contributed by atoms with Gasteiger partial charge in [-0.2, -0.15) is 0 Å². The van der Waals surface area contributed by atoms with Crippen LogP contribution in [0, 0.1) is 0 Å². The van der Waals surface area contributed by atoms with Crippen LogP contribution in [0.5, 0.6) is 0 Å². The lowest BCUT2D eigenvalue weighted by atomic mass is 10.2. The molecule has 146 valence electrons. The maximum Gasteiger partial charge on any atom is 0.340 e. The fourth-order valence-corrected chi connectivity index (χ4v) is 3.23. The normalized spacial score (nSPS) is 10.9. The maximum absolute atomic E-state index is 12.3. The summed E-state index contributed by atoms with van der Waals surface area (Å²) in [4.78, 5) is 21.4. The van der Waals surface area contributed by atoms with Crippen molar-refractivity contribution in [2.75, 3.05) is 6.54 Å². The molecule has 0 bridgehead atoms. The summed E-state index contributed by atoms with van der Waals surface area (Å²) >= 11 is 0. The molecular formula is C23H22N4O2. The predicted octanol–water partition coefficient (Wildman–Crippen LogP) is 3.34. The van der Waals surface area contributed by atoms with Crippen molar-refractivity contribution >= 4 is 17.0 Å². The van der Waals surface area contributed by atoms with Gasteiger partial charge in [-0.3, -0.25) is 4.98 Å². The van der Waals surface area contributed by atoms with Gasteiger partial charge in [0, 0.05) is 12.6 Å². The number of carbonyl (C=O) groups excluding carboxylic acids is 1. The molecule has 0 aliphatic rings. The van der Waals surface area contributed by atoms with E-state index < -0.39 is 0 Å². The van der Waals surface area contributed by atoms with Crippen LogP contribution in [0.25, 0.3) is 11.0 Å². The summed E-state index contributed by atoms with van der Waals surface area (Å²) in [5.41, 5.74) is 9.96. The fraction of sp³-hybridized carbons (Fsp3) is 0.174. The molecule has 0 fully saturated rings. The van der Waals surface area contributed by atoms with Gasteiger partial charge in [0.1, 0.15) is 12.4 Å². The Morgan fingerprint density at radius 1 is 1.00 bits per heavy atom. The number of aromatic nitrogens is 3. The Morgan fingerprint density at radius 2 is 1.79 bits per heavy atom. The van der Waals surface area contributed by atoms with Gasteiger partial charge in [0.15, 0.2) is 0 Å². The van der Waals surface area contributed by atoms with Gasteiger partial charge < -0.3 is 15.0 Å². The first-order valence-electron chi connectivity index (χ1n) is 9.55. The molecule has 4 aromatic rings. The van der Waals surface area contributed by atoms with Crippen LogP contribution in [0.15, 0.2) is 72.9 Å². The molecule has 0 saturated carbocycles. The zero-order chi connectivity index (χ0) is 20.1. The first-order valence-corrected chi connectivity index (χ1v) is 9.55. The fourth-order valence-electron chi connectivity index (χ4n) is 3.23. The number of fused-ring (bicyclic) bond motifs is 1. The second kappa shape index (κ2) is 8.67. The molecule has 4 rings (SSSR count). The number of esters is 1. The largest absolute Gasteiger partial charge is 0.457 e. The van der Waals surface area contributed by atoms with Crippen molar-refractivity contribution in [3.05, 3.63) is 95.6 Å². The van der Waals surface area contributed by atoms with E-state index in [2.05, 4.69) is 14.5 Å². The number of imidazole rings is 1. The molecule has 0 aliphatic carbocycles. The van der Waals surface area contributed by atoms with Gasteiger partial charge in [0.2, 0.25) is 0 Å². The molecule has 2 heterocycles. The number of rotatable bonds is 7. The minimum absolute atomic E-state index is 0.241. The summed E-state index contributed by atoms with van der Waals surface area (Å²) in [6.07, 6.45) is 2.25. The number of pyridine rings is 1. The molecular weight excluding hydrogens is 364 g/mol. The van der Waals surface area contributed by atoms with Gasteiger partial charge in [-0.25, -0.2) is 9.78 Å². The summed E-state index contributed by atoms with van der Waals surface area (Å²) < 4.78 is 7.48. The van der Waals surface area contributed by atoms with Crippen LogP contribution in [-0.4, -0.2) is 27.0 Å². The Balaban J connectivity index is 1.48. The van der Waals surface area contributed by atoms with Gasteiger partial charge >= 0.3 is 5.97 Å². The molecule has 2 aromatic carbocycles. The highest BCUT2D eigenvalue weighted by Gasteiger charge is 2.12. The average molecular weight is 386 g/mol. The van der Waals surface area contributed by atoms with Gasteiger partial charge in [-0.05, 0) is 36.4 Å². The van der Waals surface area contributed by atoms with Gasteiger partial charge in [0.25, 0.3) is 0 Å². The molecule has 0 amide bonds. The van der Waals surface area contributed by atoms with Crippen molar-refractivity contribution in [3.63, 3.8) is 0 Å². The number of hydrogen-bond acceptors (Lipinski definition) is 5. The number of benzene rings is 2. The Bertz CT molecular complexity index is 1100. The minimum atomic E-state index is -0.384. The molecule has 0 atom stereocenters. The first kappa shape index (κ1) is 18.8. The number of hydrogen-bond donors (Lipinski definition) is 1. The third kappa shape index (κ3) is 4.33. The number of nitrogens with zero attached hydrogens (tertiary/aromatic N) is 3. The second-order valence-electron chi connectivity index (χ2n) is 6.74. The highest BCUT2D eigenvalue weighted by atomic mass is 16.5. The highest BCUT2D eigenvalue weighted by Crippen LogP contribution is 2.18. The van der Waals surface area contributed by atoms with Crippen LogP contribution >= 0.6 is 0 Å². The van der Waals surface area contributed by atoms with Crippen LogP contribution in [0.3, 0.4) is 0 Å². The lowest BCUT2D eigenvalue weighted by molar-refractivity contribution is 0.0472. The van der Waals surface area contributed by atoms with Crippen LogP contribution < -0.4 is 5.73 Å². The molecule has 6 heteroatoms. The summed E-state index contributed by atoms with van der Waals surface area (Å²) in [7, 11) is 0. The smallest absolute Gasteiger partial charge is 0.340 e. The van der Waals surface area contributed by atoms with E-state index in [9.17, 15) is 4.79 Å². The van der Waals surface area contributed by atoms with Crippen LogP contribution in [0.4, 0.5) is 0 Å².